The van der Waals surface area contributed by atoms with Crippen molar-refractivity contribution in [3.8, 4) is 16.3 Å². The molecule has 2 rings (SSSR count). The van der Waals surface area contributed by atoms with Crippen LogP contribution in [-0.2, 0) is 0 Å². The van der Waals surface area contributed by atoms with Crippen LogP contribution in [0.4, 0.5) is 0 Å². The lowest BCUT2D eigenvalue weighted by molar-refractivity contribution is 0.0702. The Balaban J connectivity index is 2.38. The maximum atomic E-state index is 10.7. The lowest BCUT2D eigenvalue weighted by atomic mass is 10.2. The van der Waals surface area contributed by atoms with Gasteiger partial charge in [0.05, 0.1) is 13.3 Å². The molecule has 0 atom stereocenters. The highest BCUT2D eigenvalue weighted by atomic mass is 32.1. The number of thiazole rings is 1. The summed E-state index contributed by atoms with van der Waals surface area (Å²) in [5.74, 6) is -0.226. The zero-order valence-electron chi connectivity index (χ0n) is 8.51. The summed E-state index contributed by atoms with van der Waals surface area (Å²) in [7, 11) is 1.59. The Morgan fingerprint density at radius 3 is 2.94 bits per heavy atom. The van der Waals surface area contributed by atoms with Crippen LogP contribution in [0.2, 0.25) is 0 Å². The van der Waals surface area contributed by atoms with Crippen LogP contribution in [0, 0.1) is 0 Å². The van der Waals surface area contributed by atoms with Gasteiger partial charge < -0.3 is 9.84 Å². The first-order chi connectivity index (χ1) is 7.70. The van der Waals surface area contributed by atoms with E-state index in [0.29, 0.717) is 5.01 Å². The maximum absolute atomic E-state index is 10.7. The molecule has 0 saturated heterocycles. The number of hydrogen-bond acceptors (Lipinski definition) is 4. The first kappa shape index (κ1) is 10.6. The third kappa shape index (κ3) is 2.04. The number of carboxylic acid groups (broad SMARTS) is 1. The molecule has 1 aromatic heterocycles. The van der Waals surface area contributed by atoms with Gasteiger partial charge in [0.15, 0.2) is 0 Å². The normalized spacial score (nSPS) is 10.1. The van der Waals surface area contributed by atoms with E-state index in [2.05, 4.69) is 4.98 Å². The largest absolute Gasteiger partial charge is 0.497 e. The van der Waals surface area contributed by atoms with E-state index in [-0.39, 0.29) is 4.88 Å². The lowest BCUT2D eigenvalue weighted by Crippen LogP contribution is -1.89. The molecule has 0 amide bonds. The van der Waals surface area contributed by atoms with E-state index in [1.165, 1.54) is 6.20 Å². The van der Waals surface area contributed by atoms with Gasteiger partial charge in [-0.3, -0.25) is 0 Å². The summed E-state index contributed by atoms with van der Waals surface area (Å²) < 4.78 is 5.09. The molecule has 1 aromatic carbocycles. The molecule has 82 valence electrons. The van der Waals surface area contributed by atoms with Gasteiger partial charge in [-0.15, -0.1) is 11.3 Å². The van der Waals surface area contributed by atoms with Crippen molar-refractivity contribution >= 4 is 17.3 Å². The number of ether oxygens (including phenoxy) is 1. The molecule has 0 aliphatic heterocycles. The molecule has 0 unspecified atom stereocenters. The fraction of sp³-hybridized carbons (Fsp3) is 0.0909. The van der Waals surface area contributed by atoms with Crippen molar-refractivity contribution < 1.29 is 14.6 Å². The summed E-state index contributed by atoms with van der Waals surface area (Å²) >= 11 is 1.15. The molecule has 1 N–H and O–H groups in total. The zero-order valence-corrected chi connectivity index (χ0v) is 9.32. The predicted octanol–water partition coefficient (Wildman–Crippen LogP) is 2.52. The predicted molar refractivity (Wildman–Crippen MR) is 61.1 cm³/mol. The smallest absolute Gasteiger partial charge is 0.347 e. The molecular formula is C11H9NO3S. The van der Waals surface area contributed by atoms with Crippen molar-refractivity contribution in [1.82, 2.24) is 4.98 Å². The summed E-state index contributed by atoms with van der Waals surface area (Å²) in [5, 5.41) is 9.47. The fourth-order valence-corrected chi connectivity index (χ4v) is 2.01. The van der Waals surface area contributed by atoms with Gasteiger partial charge in [-0.25, -0.2) is 9.78 Å². The van der Waals surface area contributed by atoms with Gasteiger partial charge in [0, 0.05) is 5.56 Å². The molecular weight excluding hydrogens is 226 g/mol. The molecule has 0 radical (unpaired) electrons. The molecule has 1 heterocycles. The summed E-state index contributed by atoms with van der Waals surface area (Å²) in [6, 6.07) is 7.36. The van der Waals surface area contributed by atoms with E-state index in [9.17, 15) is 4.79 Å². The van der Waals surface area contributed by atoms with Gasteiger partial charge in [-0.1, -0.05) is 12.1 Å². The molecule has 0 aliphatic carbocycles. The number of rotatable bonds is 3. The Hall–Kier alpha value is -1.88. The Labute approximate surface area is 96.1 Å². The van der Waals surface area contributed by atoms with Crippen molar-refractivity contribution in [2.75, 3.05) is 7.11 Å². The van der Waals surface area contributed by atoms with E-state index < -0.39 is 5.97 Å². The highest BCUT2D eigenvalue weighted by Gasteiger charge is 2.10. The number of carbonyl (C=O) groups is 1. The van der Waals surface area contributed by atoms with Crippen LogP contribution in [-0.4, -0.2) is 23.2 Å². The molecule has 16 heavy (non-hydrogen) atoms. The van der Waals surface area contributed by atoms with Crippen LogP contribution in [0.3, 0.4) is 0 Å². The van der Waals surface area contributed by atoms with Crippen LogP contribution in [0.25, 0.3) is 10.6 Å². The molecule has 0 saturated carbocycles. The summed E-state index contributed by atoms with van der Waals surface area (Å²) in [6.45, 7) is 0. The molecule has 5 heteroatoms. The third-order valence-electron chi connectivity index (χ3n) is 2.03. The SMILES string of the molecule is COc1cccc(-c2ncc(C(=O)O)s2)c1. The molecule has 2 aromatic rings. The minimum Gasteiger partial charge on any atom is -0.497 e. The highest BCUT2D eigenvalue weighted by Crippen LogP contribution is 2.27. The van der Waals surface area contributed by atoms with Crippen LogP contribution in [0.15, 0.2) is 30.5 Å². The molecule has 0 fully saturated rings. The standard InChI is InChI=1S/C11H9NO3S/c1-15-8-4-2-3-7(5-8)10-12-6-9(16-10)11(13)14/h2-6H,1H3,(H,13,14). The maximum Gasteiger partial charge on any atom is 0.347 e. The second kappa shape index (κ2) is 4.32. The topological polar surface area (TPSA) is 59.4 Å². The number of hydrogen-bond donors (Lipinski definition) is 1. The lowest BCUT2D eigenvalue weighted by Gasteiger charge is -2.00. The summed E-state index contributed by atoms with van der Waals surface area (Å²) in [5.41, 5.74) is 0.858. The minimum atomic E-state index is -0.952. The van der Waals surface area contributed by atoms with Crippen molar-refractivity contribution in [3.05, 3.63) is 35.3 Å². The highest BCUT2D eigenvalue weighted by molar-refractivity contribution is 7.16. The van der Waals surface area contributed by atoms with E-state index >= 15 is 0 Å². The molecule has 4 nitrogen and oxygen atoms in total. The van der Waals surface area contributed by atoms with E-state index in [0.717, 1.165) is 22.6 Å². The Kier molecular flexibility index (Phi) is 2.87. The van der Waals surface area contributed by atoms with E-state index in [1.807, 2.05) is 24.3 Å². The van der Waals surface area contributed by atoms with Crippen LogP contribution in [0.5, 0.6) is 5.75 Å². The average molecular weight is 235 g/mol. The van der Waals surface area contributed by atoms with Gasteiger partial charge in [-0.05, 0) is 12.1 Å². The number of carboxylic acids is 1. The van der Waals surface area contributed by atoms with Crippen molar-refractivity contribution in [3.63, 3.8) is 0 Å². The average Bonchev–Trinajstić information content (AvgIpc) is 2.78. The summed E-state index contributed by atoms with van der Waals surface area (Å²) in [6.07, 6.45) is 1.36. The van der Waals surface area contributed by atoms with Gasteiger partial charge in [0.1, 0.15) is 15.6 Å². The molecule has 0 spiro atoms. The molecule has 0 bridgehead atoms. The van der Waals surface area contributed by atoms with Gasteiger partial charge in [0.2, 0.25) is 0 Å². The van der Waals surface area contributed by atoms with Crippen molar-refractivity contribution in [2.45, 2.75) is 0 Å². The van der Waals surface area contributed by atoms with Gasteiger partial charge in [0.25, 0.3) is 0 Å². The van der Waals surface area contributed by atoms with Crippen molar-refractivity contribution in [1.29, 1.82) is 0 Å². The number of nitrogens with zero attached hydrogens (tertiary/aromatic N) is 1. The third-order valence-corrected chi connectivity index (χ3v) is 3.07. The van der Waals surface area contributed by atoms with E-state index in [1.54, 1.807) is 7.11 Å². The quantitative estimate of drug-likeness (QED) is 0.888. The van der Waals surface area contributed by atoms with Gasteiger partial charge >= 0.3 is 5.97 Å². The number of methoxy groups -OCH3 is 1. The second-order valence-electron chi connectivity index (χ2n) is 3.07. The van der Waals surface area contributed by atoms with Crippen LogP contribution >= 0.6 is 11.3 Å². The first-order valence-electron chi connectivity index (χ1n) is 4.54. The van der Waals surface area contributed by atoms with Crippen LogP contribution in [0.1, 0.15) is 9.67 Å². The van der Waals surface area contributed by atoms with Crippen LogP contribution < -0.4 is 4.74 Å². The summed E-state index contributed by atoms with van der Waals surface area (Å²) in [4.78, 5) is 15.0. The Bertz CT molecular complexity index is 521. The number of benzene rings is 1. The first-order valence-corrected chi connectivity index (χ1v) is 5.36. The van der Waals surface area contributed by atoms with Gasteiger partial charge in [-0.2, -0.15) is 0 Å². The fourth-order valence-electron chi connectivity index (χ4n) is 1.26. The molecule has 0 aliphatic rings. The van der Waals surface area contributed by atoms with Crippen molar-refractivity contribution in [2.24, 2.45) is 0 Å². The monoisotopic (exact) mass is 235 g/mol. The minimum absolute atomic E-state index is 0.234. The second-order valence-corrected chi connectivity index (χ2v) is 4.10. The Morgan fingerprint density at radius 1 is 1.50 bits per heavy atom. The number of aromatic carboxylic acids is 1. The number of aromatic nitrogens is 1. The Morgan fingerprint density at radius 2 is 2.31 bits per heavy atom. The van der Waals surface area contributed by atoms with E-state index in [4.69, 9.17) is 9.84 Å². The zero-order chi connectivity index (χ0) is 11.5.